The van der Waals surface area contributed by atoms with Gasteiger partial charge in [-0.25, -0.2) is 5.10 Å². The predicted octanol–water partition coefficient (Wildman–Crippen LogP) is 2.53. The molecule has 0 saturated heterocycles. The highest BCUT2D eigenvalue weighted by Gasteiger charge is 2.34. The summed E-state index contributed by atoms with van der Waals surface area (Å²) in [6, 6.07) is 4.78. The molecule has 1 heterocycles. The summed E-state index contributed by atoms with van der Waals surface area (Å²) >= 11 is 0.978. The summed E-state index contributed by atoms with van der Waals surface area (Å²) < 4.78 is 38.6. The van der Waals surface area contributed by atoms with Crippen molar-refractivity contribution >= 4 is 29.3 Å². The van der Waals surface area contributed by atoms with Gasteiger partial charge in [0, 0.05) is 0 Å². The molecule has 2 rings (SSSR count). The van der Waals surface area contributed by atoms with Gasteiger partial charge in [-0.05, 0) is 19.1 Å². The second-order valence-corrected chi connectivity index (χ2v) is 5.60. The smallest absolute Gasteiger partial charge is 0.368 e. The predicted molar refractivity (Wildman–Crippen MR) is 76.2 cm³/mol. The lowest BCUT2D eigenvalue weighted by Gasteiger charge is -2.15. The number of anilines is 2. The number of H-pyrrole nitrogens is 1. The first-order chi connectivity index (χ1) is 10.3. The van der Waals surface area contributed by atoms with Crippen molar-refractivity contribution in [1.29, 1.82) is 0 Å². The highest BCUT2D eigenvalue weighted by molar-refractivity contribution is 8.00. The van der Waals surface area contributed by atoms with Gasteiger partial charge < -0.3 is 11.1 Å². The number of nitrogens with one attached hydrogen (secondary N) is 2. The van der Waals surface area contributed by atoms with Gasteiger partial charge in [0.1, 0.15) is 0 Å². The molecule has 2 aromatic rings. The summed E-state index contributed by atoms with van der Waals surface area (Å²) in [5.74, 6) is -0.498. The van der Waals surface area contributed by atoms with E-state index in [0.717, 1.165) is 17.8 Å². The number of hydrogen-bond acceptors (Lipinski definition) is 5. The molecule has 0 saturated carbocycles. The third-order valence-corrected chi connectivity index (χ3v) is 3.58. The lowest BCUT2D eigenvalue weighted by atomic mass is 10.1. The number of hydrogen-bond donors (Lipinski definition) is 3. The Morgan fingerprint density at radius 1 is 1.41 bits per heavy atom. The Balaban J connectivity index is 2.09. The van der Waals surface area contributed by atoms with Gasteiger partial charge in [0.25, 0.3) is 0 Å². The summed E-state index contributed by atoms with van der Waals surface area (Å²) in [4.78, 5) is 15.8. The summed E-state index contributed by atoms with van der Waals surface area (Å²) in [6.45, 7) is 1.53. The van der Waals surface area contributed by atoms with Crippen LogP contribution in [0.15, 0.2) is 29.4 Å². The van der Waals surface area contributed by atoms with Crippen molar-refractivity contribution < 1.29 is 18.0 Å². The Kier molecular flexibility index (Phi) is 4.59. The maximum Gasteiger partial charge on any atom is 0.418 e. The van der Waals surface area contributed by atoms with Crippen molar-refractivity contribution in [1.82, 2.24) is 15.2 Å². The van der Waals surface area contributed by atoms with Crippen LogP contribution in [0.1, 0.15) is 12.5 Å². The van der Waals surface area contributed by atoms with Crippen LogP contribution in [0.2, 0.25) is 0 Å². The van der Waals surface area contributed by atoms with Crippen molar-refractivity contribution in [3.8, 4) is 0 Å². The summed E-state index contributed by atoms with van der Waals surface area (Å²) in [6.07, 6.45) is -4.54. The Bertz CT molecular complexity index is 673. The molecule has 10 heteroatoms. The molecule has 0 radical (unpaired) electrons. The van der Waals surface area contributed by atoms with Gasteiger partial charge in [0.15, 0.2) is 0 Å². The number of para-hydroxylation sites is 1. The van der Waals surface area contributed by atoms with Crippen LogP contribution in [0.5, 0.6) is 0 Å². The van der Waals surface area contributed by atoms with Crippen molar-refractivity contribution in [3.63, 3.8) is 0 Å². The Morgan fingerprint density at radius 2 is 2.09 bits per heavy atom. The van der Waals surface area contributed by atoms with Crippen LogP contribution in [0.25, 0.3) is 0 Å². The second kappa shape index (κ2) is 6.26. The highest BCUT2D eigenvalue weighted by Crippen LogP contribution is 2.34. The Labute approximate surface area is 127 Å². The number of aromatic amines is 1. The zero-order valence-corrected chi connectivity index (χ0v) is 12.1. The van der Waals surface area contributed by atoms with E-state index < -0.39 is 22.9 Å². The van der Waals surface area contributed by atoms with E-state index in [1.54, 1.807) is 0 Å². The maximum absolute atomic E-state index is 12.9. The van der Waals surface area contributed by atoms with Crippen LogP contribution < -0.4 is 11.1 Å². The number of benzene rings is 1. The van der Waals surface area contributed by atoms with Crippen LogP contribution in [0.3, 0.4) is 0 Å². The molecule has 1 amide bonds. The van der Waals surface area contributed by atoms with E-state index in [4.69, 9.17) is 5.73 Å². The molecule has 1 atom stereocenters. The first-order valence-electron chi connectivity index (χ1n) is 6.09. The quantitative estimate of drug-likeness (QED) is 0.748. The largest absolute Gasteiger partial charge is 0.418 e. The van der Waals surface area contributed by atoms with Gasteiger partial charge in [0.2, 0.25) is 17.0 Å². The number of aromatic nitrogens is 3. The van der Waals surface area contributed by atoms with Crippen LogP contribution in [-0.4, -0.2) is 26.3 Å². The average Bonchev–Trinajstić information content (AvgIpc) is 2.83. The van der Waals surface area contributed by atoms with E-state index in [2.05, 4.69) is 20.5 Å². The third kappa shape index (κ3) is 3.91. The van der Waals surface area contributed by atoms with Gasteiger partial charge in [-0.15, -0.1) is 5.10 Å². The molecule has 1 aromatic carbocycles. The van der Waals surface area contributed by atoms with Gasteiger partial charge in [0.05, 0.1) is 16.5 Å². The molecular weight excluding hydrogens is 319 g/mol. The van der Waals surface area contributed by atoms with Gasteiger partial charge in [-0.2, -0.15) is 18.2 Å². The SMILES string of the molecule is C[C@H](Sc1n[nH]c(N)n1)C(=O)Nc1ccccc1C(F)(F)F. The summed E-state index contributed by atoms with van der Waals surface area (Å²) in [5.41, 5.74) is 4.16. The van der Waals surface area contributed by atoms with Gasteiger partial charge in [-0.1, -0.05) is 23.9 Å². The minimum Gasteiger partial charge on any atom is -0.368 e. The number of nitrogens with zero attached hydrogens (tertiary/aromatic N) is 2. The van der Waals surface area contributed by atoms with Crippen molar-refractivity contribution in [3.05, 3.63) is 29.8 Å². The molecule has 118 valence electrons. The molecule has 22 heavy (non-hydrogen) atoms. The third-order valence-electron chi connectivity index (χ3n) is 2.62. The normalized spacial score (nSPS) is 12.9. The minimum atomic E-state index is -4.54. The Hall–Kier alpha value is -2.23. The molecule has 0 unspecified atom stereocenters. The molecule has 0 aliphatic carbocycles. The van der Waals surface area contributed by atoms with E-state index in [0.29, 0.717) is 0 Å². The van der Waals surface area contributed by atoms with E-state index in [1.807, 2.05) is 0 Å². The monoisotopic (exact) mass is 331 g/mol. The highest BCUT2D eigenvalue weighted by atomic mass is 32.2. The fourth-order valence-corrected chi connectivity index (χ4v) is 2.33. The molecular formula is C12H12F3N5OS. The fraction of sp³-hybridized carbons (Fsp3) is 0.250. The number of nitrogen functional groups attached to an aromatic ring is 1. The number of nitrogens with two attached hydrogens (primary N) is 1. The van der Waals surface area contributed by atoms with Crippen molar-refractivity contribution in [2.24, 2.45) is 0 Å². The second-order valence-electron chi connectivity index (χ2n) is 4.30. The average molecular weight is 331 g/mol. The minimum absolute atomic E-state index is 0.0949. The van der Waals surface area contributed by atoms with Crippen LogP contribution in [0.4, 0.5) is 24.8 Å². The molecule has 0 aliphatic heterocycles. The first-order valence-corrected chi connectivity index (χ1v) is 6.97. The molecule has 0 spiro atoms. The number of thioether (sulfide) groups is 1. The van der Waals surface area contributed by atoms with Gasteiger partial charge in [-0.3, -0.25) is 4.79 Å². The van der Waals surface area contributed by atoms with Crippen LogP contribution >= 0.6 is 11.8 Å². The van der Waals surface area contributed by atoms with E-state index in [9.17, 15) is 18.0 Å². The standard InChI is InChI=1S/C12H12F3N5OS/c1-6(22-11-18-10(16)19-20-11)9(21)17-8-5-3-2-4-7(8)12(13,14)15/h2-6H,1H3,(H,17,21)(H3,16,18,19,20)/t6-/m0/s1. The lowest BCUT2D eigenvalue weighted by Crippen LogP contribution is -2.24. The first kappa shape index (κ1) is 16.1. The zero-order chi connectivity index (χ0) is 16.3. The summed E-state index contributed by atoms with van der Waals surface area (Å²) in [7, 11) is 0. The molecule has 6 nitrogen and oxygen atoms in total. The molecule has 4 N–H and O–H groups in total. The van der Waals surface area contributed by atoms with Gasteiger partial charge >= 0.3 is 6.18 Å². The van der Waals surface area contributed by atoms with Crippen LogP contribution in [-0.2, 0) is 11.0 Å². The number of carbonyl (C=O) groups excluding carboxylic acids is 1. The number of alkyl halides is 3. The number of amides is 1. The van der Waals surface area contributed by atoms with Crippen LogP contribution in [0, 0.1) is 0 Å². The summed E-state index contributed by atoms with van der Waals surface area (Å²) in [5, 5.41) is 7.96. The zero-order valence-electron chi connectivity index (χ0n) is 11.3. The number of rotatable bonds is 4. The topological polar surface area (TPSA) is 96.7 Å². The molecule has 1 aromatic heterocycles. The Morgan fingerprint density at radius 3 is 2.68 bits per heavy atom. The number of halogens is 3. The van der Waals surface area contributed by atoms with E-state index in [1.165, 1.54) is 25.1 Å². The van der Waals surface area contributed by atoms with Crippen molar-refractivity contribution in [2.45, 2.75) is 23.5 Å². The maximum atomic E-state index is 12.9. The molecule has 0 bridgehead atoms. The molecule has 0 fully saturated rings. The lowest BCUT2D eigenvalue weighted by molar-refractivity contribution is -0.137. The van der Waals surface area contributed by atoms with E-state index >= 15 is 0 Å². The number of carbonyl (C=O) groups is 1. The van der Waals surface area contributed by atoms with Crippen molar-refractivity contribution in [2.75, 3.05) is 11.1 Å². The van der Waals surface area contributed by atoms with E-state index in [-0.39, 0.29) is 16.8 Å². The fourth-order valence-electron chi connectivity index (χ4n) is 1.60. The molecule has 0 aliphatic rings.